The molecule has 0 aliphatic heterocycles. The minimum Gasteiger partial charge on any atom is -0.310 e. The van der Waals surface area contributed by atoms with Crippen LogP contribution in [0.1, 0.15) is 75.3 Å². The third kappa shape index (κ3) is 3.75. The molecule has 1 saturated carbocycles. The van der Waals surface area contributed by atoms with E-state index in [4.69, 9.17) is 0 Å². The van der Waals surface area contributed by atoms with Gasteiger partial charge in [-0.1, -0.05) is 0 Å². The van der Waals surface area contributed by atoms with Crippen LogP contribution >= 0.6 is 0 Å². The molecule has 1 aliphatic carbocycles. The van der Waals surface area contributed by atoms with E-state index in [0.717, 1.165) is 30.1 Å². The Balaban J connectivity index is 1.71. The van der Waals surface area contributed by atoms with E-state index in [1.165, 1.54) is 5.56 Å². The lowest BCUT2D eigenvalue weighted by Crippen LogP contribution is -2.23. The van der Waals surface area contributed by atoms with Crippen LogP contribution in [-0.2, 0) is 12.1 Å². The Hall–Kier alpha value is -1.95. The minimum absolute atomic E-state index is 0.0316. The topological polar surface area (TPSA) is 75.6 Å². The van der Waals surface area contributed by atoms with E-state index in [9.17, 15) is 4.79 Å². The van der Waals surface area contributed by atoms with Crippen LogP contribution in [0, 0.1) is 6.92 Å². The summed E-state index contributed by atoms with van der Waals surface area (Å²) in [5.74, 6) is 1.28. The number of H-pyrrole nitrogens is 1. The zero-order valence-electron chi connectivity index (χ0n) is 15.2. The van der Waals surface area contributed by atoms with Gasteiger partial charge in [0, 0.05) is 36.3 Å². The summed E-state index contributed by atoms with van der Waals surface area (Å²) in [6.07, 6.45) is 4.36. The molecule has 2 aromatic heterocycles. The number of hydrogen-bond donors (Lipinski definition) is 2. The van der Waals surface area contributed by atoms with Crippen LogP contribution in [0.15, 0.2) is 17.1 Å². The van der Waals surface area contributed by atoms with Crippen LogP contribution in [0.5, 0.6) is 0 Å². The lowest BCUT2D eigenvalue weighted by molar-refractivity contribution is 0.353. The Labute approximate surface area is 142 Å². The average molecular weight is 329 g/mol. The molecule has 0 spiro atoms. The summed E-state index contributed by atoms with van der Waals surface area (Å²) in [6.45, 7) is 11.1. The van der Waals surface area contributed by atoms with Crippen molar-refractivity contribution in [1.82, 2.24) is 25.1 Å². The first-order valence-electron chi connectivity index (χ1n) is 8.64. The van der Waals surface area contributed by atoms with Crippen molar-refractivity contribution in [3.63, 3.8) is 0 Å². The van der Waals surface area contributed by atoms with Gasteiger partial charge in [-0.25, -0.2) is 4.98 Å². The Morgan fingerprint density at radius 1 is 1.42 bits per heavy atom. The normalized spacial score (nSPS) is 16.4. The van der Waals surface area contributed by atoms with Gasteiger partial charge in [0.15, 0.2) is 0 Å². The van der Waals surface area contributed by atoms with Gasteiger partial charge in [0.2, 0.25) is 0 Å². The van der Waals surface area contributed by atoms with Gasteiger partial charge in [0.05, 0.1) is 16.9 Å². The van der Waals surface area contributed by atoms with Crippen molar-refractivity contribution in [1.29, 1.82) is 0 Å². The smallest absolute Gasteiger partial charge is 0.251 e. The van der Waals surface area contributed by atoms with Gasteiger partial charge in [-0.05, 0) is 47.5 Å². The van der Waals surface area contributed by atoms with Crippen molar-refractivity contribution < 1.29 is 0 Å². The zero-order valence-corrected chi connectivity index (χ0v) is 15.2. The second-order valence-corrected chi connectivity index (χ2v) is 7.78. The van der Waals surface area contributed by atoms with Crippen LogP contribution in [0.3, 0.4) is 0 Å². The molecule has 0 saturated heterocycles. The fraction of sp³-hybridized carbons (Fsp3) is 0.611. The highest BCUT2D eigenvalue weighted by Crippen LogP contribution is 2.37. The van der Waals surface area contributed by atoms with Crippen molar-refractivity contribution in [2.45, 2.75) is 71.5 Å². The van der Waals surface area contributed by atoms with Gasteiger partial charge in [-0.3, -0.25) is 9.48 Å². The van der Waals surface area contributed by atoms with E-state index in [1.807, 2.05) is 11.6 Å². The molecule has 0 bridgehead atoms. The van der Waals surface area contributed by atoms with Crippen molar-refractivity contribution in [2.75, 3.05) is 0 Å². The number of nitrogens with zero attached hydrogens (tertiary/aromatic N) is 3. The second kappa shape index (κ2) is 6.16. The van der Waals surface area contributed by atoms with Crippen LogP contribution in [-0.4, -0.2) is 19.7 Å². The van der Waals surface area contributed by atoms with E-state index >= 15 is 0 Å². The maximum atomic E-state index is 11.8. The van der Waals surface area contributed by atoms with Crippen molar-refractivity contribution in [3.05, 3.63) is 45.4 Å². The summed E-state index contributed by atoms with van der Waals surface area (Å²) < 4.78 is 2.01. The predicted molar refractivity (Wildman–Crippen MR) is 94.0 cm³/mol. The monoisotopic (exact) mass is 329 g/mol. The van der Waals surface area contributed by atoms with Gasteiger partial charge in [-0.15, -0.1) is 0 Å². The summed E-state index contributed by atoms with van der Waals surface area (Å²) in [7, 11) is 0. The zero-order chi connectivity index (χ0) is 17.5. The minimum atomic E-state index is -0.0620. The molecule has 24 heavy (non-hydrogen) atoms. The van der Waals surface area contributed by atoms with Gasteiger partial charge in [0.1, 0.15) is 5.82 Å². The molecule has 1 atom stereocenters. The first-order valence-corrected chi connectivity index (χ1v) is 8.64. The third-order valence-corrected chi connectivity index (χ3v) is 4.46. The standard InChI is InChI=1S/C18H27N5O/c1-11(15-10-23(18(3,4)5)22-12(15)2)19-9-14-8-16(24)21-17(20-14)13-6-7-13/h8,10-11,13,19H,6-7,9H2,1-5H3,(H,20,21,24). The number of aromatic amines is 1. The molecule has 1 fully saturated rings. The first kappa shape index (κ1) is 16.9. The van der Waals surface area contributed by atoms with E-state index in [1.54, 1.807) is 6.07 Å². The van der Waals surface area contributed by atoms with Gasteiger partial charge >= 0.3 is 0 Å². The summed E-state index contributed by atoms with van der Waals surface area (Å²) in [6, 6.07) is 1.73. The number of aromatic nitrogens is 4. The Morgan fingerprint density at radius 2 is 2.12 bits per heavy atom. The average Bonchev–Trinajstić information content (AvgIpc) is 3.25. The molecule has 6 heteroatoms. The fourth-order valence-corrected chi connectivity index (χ4v) is 2.78. The molecule has 2 aromatic rings. The van der Waals surface area contributed by atoms with Crippen LogP contribution < -0.4 is 10.9 Å². The van der Waals surface area contributed by atoms with Gasteiger partial charge in [0.25, 0.3) is 5.56 Å². The van der Waals surface area contributed by atoms with Crippen LogP contribution in [0.4, 0.5) is 0 Å². The lowest BCUT2D eigenvalue weighted by atomic mass is 10.1. The highest BCUT2D eigenvalue weighted by atomic mass is 16.1. The molecule has 0 aromatic carbocycles. The van der Waals surface area contributed by atoms with Crippen molar-refractivity contribution in [2.24, 2.45) is 0 Å². The molecule has 130 valence electrons. The number of rotatable bonds is 5. The number of nitrogens with one attached hydrogen (secondary N) is 2. The summed E-state index contributed by atoms with van der Waals surface area (Å²) in [4.78, 5) is 19.2. The third-order valence-electron chi connectivity index (χ3n) is 4.46. The molecular formula is C18H27N5O. The van der Waals surface area contributed by atoms with Gasteiger partial charge < -0.3 is 10.3 Å². The number of hydrogen-bond acceptors (Lipinski definition) is 4. The Bertz CT molecular complexity index is 779. The molecule has 0 radical (unpaired) electrons. The maximum absolute atomic E-state index is 11.8. The molecule has 2 heterocycles. The highest BCUT2D eigenvalue weighted by molar-refractivity contribution is 5.20. The second-order valence-electron chi connectivity index (χ2n) is 7.78. The molecular weight excluding hydrogens is 302 g/mol. The molecule has 6 nitrogen and oxygen atoms in total. The first-order chi connectivity index (χ1) is 11.2. The fourth-order valence-electron chi connectivity index (χ4n) is 2.78. The SMILES string of the molecule is Cc1nn(C(C)(C)C)cc1C(C)NCc1cc(=O)[nH]c(C2CC2)n1. The predicted octanol–water partition coefficient (Wildman–Crippen LogP) is 2.76. The maximum Gasteiger partial charge on any atom is 0.251 e. The van der Waals surface area contributed by atoms with Crippen molar-refractivity contribution in [3.8, 4) is 0 Å². The molecule has 2 N–H and O–H groups in total. The summed E-state index contributed by atoms with van der Waals surface area (Å²) in [5, 5.41) is 8.09. The number of aryl methyl sites for hydroxylation is 1. The Morgan fingerprint density at radius 3 is 2.71 bits per heavy atom. The molecule has 1 aliphatic rings. The van der Waals surface area contributed by atoms with Crippen molar-refractivity contribution >= 4 is 0 Å². The highest BCUT2D eigenvalue weighted by Gasteiger charge is 2.26. The van der Waals surface area contributed by atoms with E-state index in [-0.39, 0.29) is 17.1 Å². The van der Waals surface area contributed by atoms with E-state index in [2.05, 4.69) is 54.3 Å². The molecule has 3 rings (SSSR count). The molecule has 0 amide bonds. The summed E-state index contributed by atoms with van der Waals surface area (Å²) >= 11 is 0. The van der Waals surface area contributed by atoms with E-state index in [0.29, 0.717) is 12.5 Å². The van der Waals surface area contributed by atoms with Gasteiger partial charge in [-0.2, -0.15) is 5.10 Å². The Kier molecular flexibility index (Phi) is 4.34. The summed E-state index contributed by atoms with van der Waals surface area (Å²) in [5.41, 5.74) is 2.91. The molecule has 1 unspecified atom stereocenters. The lowest BCUT2D eigenvalue weighted by Gasteiger charge is -2.19. The quantitative estimate of drug-likeness (QED) is 0.884. The van der Waals surface area contributed by atoms with Crippen LogP contribution in [0.2, 0.25) is 0 Å². The largest absolute Gasteiger partial charge is 0.310 e. The van der Waals surface area contributed by atoms with Crippen LogP contribution in [0.25, 0.3) is 0 Å². The van der Waals surface area contributed by atoms with E-state index < -0.39 is 0 Å².